The lowest BCUT2D eigenvalue weighted by Crippen LogP contribution is -2.28. The lowest BCUT2D eigenvalue weighted by Gasteiger charge is -2.12. The molecule has 1 aliphatic rings. The lowest BCUT2D eigenvalue weighted by atomic mass is 10.2. The molecule has 2 rings (SSSR count). The van der Waals surface area contributed by atoms with Gasteiger partial charge in [0.2, 0.25) is 0 Å². The number of rotatable bonds is 5. The van der Waals surface area contributed by atoms with Crippen molar-refractivity contribution in [3.63, 3.8) is 0 Å². The predicted octanol–water partition coefficient (Wildman–Crippen LogP) is 3.14. The fraction of sp³-hybridized carbons (Fsp3) is 0.176. The summed E-state index contributed by atoms with van der Waals surface area (Å²) in [6.07, 6.45) is 12.0. The molecule has 0 atom stereocenters. The van der Waals surface area contributed by atoms with Gasteiger partial charge in [-0.15, -0.1) is 12.8 Å². The Morgan fingerprint density at radius 2 is 2.08 bits per heavy atom. The number of carbonyl (C=O) groups excluding carboxylic acids is 2. The zero-order chi connectivity index (χ0) is 17.7. The number of hydrogen-bond acceptors (Lipinski definition) is 5. The second-order valence-corrected chi connectivity index (χ2v) is 6.35. The Hall–Kier alpha value is -2.35. The summed E-state index contributed by atoms with van der Waals surface area (Å²) in [5, 5.41) is -0.385. The van der Waals surface area contributed by atoms with E-state index in [0.29, 0.717) is 26.4 Å². The molecule has 0 spiro atoms. The first-order chi connectivity index (χ1) is 11.5. The number of imide groups is 1. The van der Waals surface area contributed by atoms with Gasteiger partial charge in [0, 0.05) is 0 Å². The zero-order valence-corrected chi connectivity index (χ0v) is 15.1. The Morgan fingerprint density at radius 1 is 1.33 bits per heavy atom. The van der Waals surface area contributed by atoms with Crippen LogP contribution < -0.4 is 9.47 Å². The van der Waals surface area contributed by atoms with Gasteiger partial charge in [-0.1, -0.05) is 11.8 Å². The fourth-order valence-electron chi connectivity index (χ4n) is 1.96. The molecule has 0 N–H and O–H groups in total. The molecule has 5 nitrogen and oxygen atoms in total. The van der Waals surface area contributed by atoms with Gasteiger partial charge in [0.15, 0.2) is 11.5 Å². The molecule has 1 heterocycles. The quantitative estimate of drug-likeness (QED) is 0.556. The van der Waals surface area contributed by atoms with Gasteiger partial charge < -0.3 is 9.47 Å². The Balaban J connectivity index is 2.35. The lowest BCUT2D eigenvalue weighted by molar-refractivity contribution is -0.122. The monoisotopic (exact) mass is 405 g/mol. The van der Waals surface area contributed by atoms with Crippen LogP contribution in [0.1, 0.15) is 5.56 Å². The van der Waals surface area contributed by atoms with Gasteiger partial charge in [-0.2, -0.15) is 0 Å². The number of thioether (sulfide) groups is 1. The molecule has 7 heteroatoms. The predicted molar refractivity (Wildman–Crippen MR) is 96.5 cm³/mol. The highest BCUT2D eigenvalue weighted by molar-refractivity contribution is 9.10. The van der Waals surface area contributed by atoms with Crippen LogP contribution in [0.5, 0.6) is 11.5 Å². The van der Waals surface area contributed by atoms with Crippen LogP contribution in [0.2, 0.25) is 0 Å². The minimum absolute atomic E-state index is 0.0477. The van der Waals surface area contributed by atoms with Crippen molar-refractivity contribution >= 4 is 44.9 Å². The number of ether oxygens (including phenoxy) is 2. The highest BCUT2D eigenvalue weighted by Crippen LogP contribution is 2.39. The third-order valence-corrected chi connectivity index (χ3v) is 4.47. The normalized spacial score (nSPS) is 15.3. The molecule has 0 unspecified atom stereocenters. The van der Waals surface area contributed by atoms with E-state index in [0.717, 1.165) is 16.7 Å². The molecule has 0 saturated carbocycles. The van der Waals surface area contributed by atoms with Gasteiger partial charge in [-0.3, -0.25) is 14.5 Å². The summed E-state index contributed by atoms with van der Waals surface area (Å²) >= 11 is 4.23. The Morgan fingerprint density at radius 3 is 2.71 bits per heavy atom. The van der Waals surface area contributed by atoms with Crippen molar-refractivity contribution in [3.8, 4) is 36.2 Å². The van der Waals surface area contributed by atoms with Crippen molar-refractivity contribution < 1.29 is 19.1 Å². The van der Waals surface area contributed by atoms with Gasteiger partial charge in [0.1, 0.15) is 6.61 Å². The smallest absolute Gasteiger partial charge is 0.294 e. The van der Waals surface area contributed by atoms with E-state index < -0.39 is 5.91 Å². The molecular weight excluding hydrogens is 394 g/mol. The fourth-order valence-corrected chi connectivity index (χ4v) is 3.37. The second-order valence-electron chi connectivity index (χ2n) is 4.50. The third kappa shape index (κ3) is 3.76. The molecule has 2 amide bonds. The van der Waals surface area contributed by atoms with E-state index in [-0.39, 0.29) is 18.4 Å². The second kappa shape index (κ2) is 7.96. The Labute approximate surface area is 152 Å². The number of amides is 2. The minimum Gasteiger partial charge on any atom is -0.493 e. The van der Waals surface area contributed by atoms with E-state index in [9.17, 15) is 9.59 Å². The summed E-state index contributed by atoms with van der Waals surface area (Å²) in [5.74, 6) is 5.18. The van der Waals surface area contributed by atoms with Gasteiger partial charge in [0.05, 0.1) is 23.0 Å². The van der Waals surface area contributed by atoms with Crippen molar-refractivity contribution in [2.45, 2.75) is 0 Å². The van der Waals surface area contributed by atoms with E-state index >= 15 is 0 Å². The van der Waals surface area contributed by atoms with Crippen LogP contribution >= 0.6 is 27.7 Å². The van der Waals surface area contributed by atoms with Gasteiger partial charge in [-0.25, -0.2) is 0 Å². The molecule has 0 bridgehead atoms. The molecule has 24 heavy (non-hydrogen) atoms. The van der Waals surface area contributed by atoms with Crippen molar-refractivity contribution in [1.29, 1.82) is 0 Å². The number of benzene rings is 1. The molecule has 1 saturated heterocycles. The SMILES string of the molecule is C#CCOc1c(Br)cc(/C=C2\SC(=O)N(CC#C)C2=O)cc1OC. The molecule has 1 aromatic carbocycles. The van der Waals surface area contributed by atoms with Crippen molar-refractivity contribution in [3.05, 3.63) is 27.1 Å². The molecule has 1 aromatic rings. The van der Waals surface area contributed by atoms with Crippen molar-refractivity contribution in [2.24, 2.45) is 0 Å². The van der Waals surface area contributed by atoms with Gasteiger partial charge in [-0.05, 0) is 51.5 Å². The molecule has 122 valence electrons. The summed E-state index contributed by atoms with van der Waals surface area (Å²) < 4.78 is 11.3. The molecule has 1 aliphatic heterocycles. The Bertz CT molecular complexity index is 804. The van der Waals surface area contributed by atoms with Gasteiger partial charge in [0.25, 0.3) is 11.1 Å². The molecule has 0 aromatic heterocycles. The number of terminal acetylenes is 2. The highest BCUT2D eigenvalue weighted by Gasteiger charge is 2.34. The largest absolute Gasteiger partial charge is 0.493 e. The number of methoxy groups -OCH3 is 1. The van der Waals surface area contributed by atoms with E-state index in [1.807, 2.05) is 0 Å². The van der Waals surface area contributed by atoms with Crippen LogP contribution in [0.4, 0.5) is 4.79 Å². The van der Waals surface area contributed by atoms with E-state index in [1.54, 1.807) is 18.2 Å². The van der Waals surface area contributed by atoms with E-state index in [1.165, 1.54) is 7.11 Å². The maximum Gasteiger partial charge on any atom is 0.294 e. The molecular formula is C17H12BrNO4S. The Kier molecular flexibility index (Phi) is 5.97. The van der Waals surface area contributed by atoms with Crippen LogP contribution in [0.25, 0.3) is 6.08 Å². The van der Waals surface area contributed by atoms with Crippen LogP contribution in [0.3, 0.4) is 0 Å². The first-order valence-corrected chi connectivity index (χ1v) is 8.25. The average molecular weight is 406 g/mol. The first kappa shape index (κ1) is 18.0. The van der Waals surface area contributed by atoms with Crippen molar-refractivity contribution in [1.82, 2.24) is 4.90 Å². The topological polar surface area (TPSA) is 55.8 Å². The minimum atomic E-state index is -0.411. The zero-order valence-electron chi connectivity index (χ0n) is 12.7. The van der Waals surface area contributed by atoms with E-state index in [4.69, 9.17) is 22.3 Å². The van der Waals surface area contributed by atoms with Crippen molar-refractivity contribution in [2.75, 3.05) is 20.3 Å². The highest BCUT2D eigenvalue weighted by atomic mass is 79.9. The number of carbonyl (C=O) groups is 2. The standard InChI is InChI=1S/C17H12BrNO4S/c1-4-6-19-16(20)14(24-17(19)21)10-11-8-12(18)15(23-7-5-2)13(9-11)22-3/h1-2,8-10H,6-7H2,3H3/b14-10-. The number of hydrogen-bond donors (Lipinski definition) is 0. The maximum absolute atomic E-state index is 12.2. The van der Waals surface area contributed by atoms with Gasteiger partial charge >= 0.3 is 0 Å². The average Bonchev–Trinajstić information content (AvgIpc) is 2.81. The number of halogens is 1. The van der Waals surface area contributed by atoms with E-state index in [2.05, 4.69) is 27.8 Å². The van der Waals surface area contributed by atoms with Crippen LogP contribution in [0.15, 0.2) is 21.5 Å². The molecule has 0 aliphatic carbocycles. The summed E-state index contributed by atoms with van der Waals surface area (Å²) in [7, 11) is 1.50. The van der Waals surface area contributed by atoms with Crippen LogP contribution in [-0.4, -0.2) is 36.3 Å². The molecule has 0 radical (unpaired) electrons. The summed E-state index contributed by atoms with van der Waals surface area (Å²) in [5.41, 5.74) is 0.665. The molecule has 1 fully saturated rings. The summed E-state index contributed by atoms with van der Waals surface area (Å²) in [6, 6.07) is 3.43. The first-order valence-electron chi connectivity index (χ1n) is 6.64. The summed E-state index contributed by atoms with van der Waals surface area (Å²) in [4.78, 5) is 25.3. The maximum atomic E-state index is 12.2. The van der Waals surface area contributed by atoms with Crippen LogP contribution in [-0.2, 0) is 4.79 Å². The third-order valence-electron chi connectivity index (χ3n) is 2.97. The van der Waals surface area contributed by atoms with Crippen LogP contribution in [0, 0.1) is 24.7 Å². The summed E-state index contributed by atoms with van der Waals surface area (Å²) in [6.45, 7) is 0.0488. The number of nitrogens with zero attached hydrogens (tertiary/aromatic N) is 1.